The molecule has 1 unspecified atom stereocenters. The Hall–Kier alpha value is -0.980. The molecule has 112 valence electrons. The molecule has 1 saturated heterocycles. The molecular formula is C14H24N4O2. The van der Waals surface area contributed by atoms with E-state index in [4.69, 9.17) is 15.0 Å². The molecule has 1 aromatic heterocycles. The van der Waals surface area contributed by atoms with Crippen LogP contribution >= 0.6 is 0 Å². The summed E-state index contributed by atoms with van der Waals surface area (Å²) in [6, 6.07) is 0. The molecule has 6 heteroatoms. The molecule has 1 aliphatic heterocycles. The minimum atomic E-state index is -0.0669. The number of nitrogens with two attached hydrogens (primary N) is 1. The summed E-state index contributed by atoms with van der Waals surface area (Å²) in [4.78, 5) is 6.98. The summed E-state index contributed by atoms with van der Waals surface area (Å²) >= 11 is 0. The largest absolute Gasteiger partial charge is 0.367 e. The van der Waals surface area contributed by atoms with Gasteiger partial charge in [-0.2, -0.15) is 4.98 Å². The van der Waals surface area contributed by atoms with E-state index in [9.17, 15) is 0 Å². The number of rotatable bonds is 5. The van der Waals surface area contributed by atoms with Gasteiger partial charge in [-0.1, -0.05) is 18.5 Å². The fourth-order valence-corrected chi connectivity index (χ4v) is 3.07. The van der Waals surface area contributed by atoms with Crippen LogP contribution in [0.15, 0.2) is 4.52 Å². The second kappa shape index (κ2) is 5.79. The lowest BCUT2D eigenvalue weighted by atomic mass is 9.69. The molecule has 0 bridgehead atoms. The second-order valence-electron chi connectivity index (χ2n) is 5.96. The number of aromatic nitrogens is 2. The smallest absolute Gasteiger partial charge is 0.234 e. The van der Waals surface area contributed by atoms with Gasteiger partial charge in [0.15, 0.2) is 0 Å². The summed E-state index contributed by atoms with van der Waals surface area (Å²) in [6.45, 7) is 6.44. The normalized spacial score (nSPS) is 26.4. The molecule has 2 aliphatic rings. The molecule has 0 spiro atoms. The maximum atomic E-state index is 5.88. The summed E-state index contributed by atoms with van der Waals surface area (Å²) in [5, 5.41) is 4.14. The maximum Gasteiger partial charge on any atom is 0.234 e. The van der Waals surface area contributed by atoms with Crippen molar-refractivity contribution in [2.75, 3.05) is 32.8 Å². The van der Waals surface area contributed by atoms with Gasteiger partial charge < -0.3 is 15.0 Å². The van der Waals surface area contributed by atoms with Crippen molar-refractivity contribution in [1.29, 1.82) is 0 Å². The van der Waals surface area contributed by atoms with Crippen molar-refractivity contribution in [2.24, 2.45) is 5.73 Å². The Labute approximate surface area is 119 Å². The Morgan fingerprint density at radius 1 is 1.45 bits per heavy atom. The van der Waals surface area contributed by atoms with E-state index in [1.807, 2.05) is 0 Å². The lowest BCUT2D eigenvalue weighted by Gasteiger charge is -2.37. The van der Waals surface area contributed by atoms with Crippen LogP contribution in [0.5, 0.6) is 0 Å². The van der Waals surface area contributed by atoms with Crippen LogP contribution in [0, 0.1) is 0 Å². The van der Waals surface area contributed by atoms with Crippen LogP contribution in [-0.4, -0.2) is 47.8 Å². The highest BCUT2D eigenvalue weighted by molar-refractivity contribution is 5.12. The fourth-order valence-electron chi connectivity index (χ4n) is 3.07. The van der Waals surface area contributed by atoms with Gasteiger partial charge in [0.25, 0.3) is 0 Å². The number of morpholine rings is 1. The van der Waals surface area contributed by atoms with Crippen molar-refractivity contribution in [3.63, 3.8) is 0 Å². The first-order chi connectivity index (χ1) is 9.77. The van der Waals surface area contributed by atoms with Gasteiger partial charge >= 0.3 is 0 Å². The molecule has 3 rings (SSSR count). The van der Waals surface area contributed by atoms with E-state index in [2.05, 4.69) is 22.0 Å². The van der Waals surface area contributed by atoms with Crippen LogP contribution in [-0.2, 0) is 10.2 Å². The third kappa shape index (κ3) is 2.47. The summed E-state index contributed by atoms with van der Waals surface area (Å²) in [7, 11) is 0. The van der Waals surface area contributed by atoms with E-state index >= 15 is 0 Å². The third-order valence-corrected chi connectivity index (χ3v) is 4.58. The Balaban J connectivity index is 1.70. The number of hydrogen-bond donors (Lipinski definition) is 1. The van der Waals surface area contributed by atoms with Crippen LogP contribution in [0.2, 0.25) is 0 Å². The van der Waals surface area contributed by atoms with E-state index in [0.29, 0.717) is 18.3 Å². The molecule has 1 saturated carbocycles. The average molecular weight is 280 g/mol. The van der Waals surface area contributed by atoms with Gasteiger partial charge in [0.2, 0.25) is 11.7 Å². The second-order valence-corrected chi connectivity index (χ2v) is 5.96. The summed E-state index contributed by atoms with van der Waals surface area (Å²) in [5.74, 6) is 1.39. The highest BCUT2D eigenvalue weighted by Gasteiger charge is 2.43. The van der Waals surface area contributed by atoms with E-state index < -0.39 is 0 Å². The van der Waals surface area contributed by atoms with Gasteiger partial charge in [-0.3, -0.25) is 4.90 Å². The lowest BCUT2D eigenvalue weighted by Crippen LogP contribution is -2.42. The van der Waals surface area contributed by atoms with E-state index in [1.54, 1.807) is 0 Å². The molecule has 0 amide bonds. The highest BCUT2D eigenvalue weighted by Crippen LogP contribution is 2.42. The van der Waals surface area contributed by atoms with E-state index in [0.717, 1.165) is 45.5 Å². The van der Waals surface area contributed by atoms with Gasteiger partial charge in [0, 0.05) is 19.6 Å². The zero-order valence-electron chi connectivity index (χ0n) is 12.2. The average Bonchev–Trinajstić information content (AvgIpc) is 2.89. The molecule has 2 N–H and O–H groups in total. The zero-order chi connectivity index (χ0) is 14.0. The van der Waals surface area contributed by atoms with Crippen molar-refractivity contribution in [2.45, 2.75) is 44.1 Å². The molecule has 2 heterocycles. The van der Waals surface area contributed by atoms with Crippen LogP contribution in [0.25, 0.3) is 0 Å². The first-order valence-corrected chi connectivity index (χ1v) is 7.65. The van der Waals surface area contributed by atoms with Crippen LogP contribution in [0.4, 0.5) is 0 Å². The number of ether oxygens (including phenoxy) is 1. The monoisotopic (exact) mass is 280 g/mol. The fraction of sp³-hybridized carbons (Fsp3) is 0.857. The van der Waals surface area contributed by atoms with Gasteiger partial charge in [0.1, 0.15) is 6.10 Å². The van der Waals surface area contributed by atoms with Crippen molar-refractivity contribution in [1.82, 2.24) is 15.0 Å². The molecule has 6 nitrogen and oxygen atoms in total. The van der Waals surface area contributed by atoms with Crippen LogP contribution in [0.1, 0.15) is 50.4 Å². The summed E-state index contributed by atoms with van der Waals surface area (Å²) < 4.78 is 11.3. The molecule has 1 aromatic rings. The van der Waals surface area contributed by atoms with Crippen molar-refractivity contribution in [3.8, 4) is 0 Å². The zero-order valence-corrected chi connectivity index (χ0v) is 12.2. The van der Waals surface area contributed by atoms with E-state index in [1.165, 1.54) is 6.42 Å². The minimum Gasteiger partial charge on any atom is -0.367 e. The van der Waals surface area contributed by atoms with Crippen LogP contribution < -0.4 is 5.73 Å². The molecule has 20 heavy (non-hydrogen) atoms. The minimum absolute atomic E-state index is 0.0664. The Morgan fingerprint density at radius 2 is 2.30 bits per heavy atom. The first kappa shape index (κ1) is 14.0. The van der Waals surface area contributed by atoms with Gasteiger partial charge in [-0.05, 0) is 25.8 Å². The molecule has 2 fully saturated rings. The van der Waals surface area contributed by atoms with Crippen molar-refractivity contribution in [3.05, 3.63) is 11.7 Å². The highest BCUT2D eigenvalue weighted by atomic mass is 16.5. The Kier molecular flexibility index (Phi) is 4.05. The predicted molar refractivity (Wildman–Crippen MR) is 74.3 cm³/mol. The van der Waals surface area contributed by atoms with Gasteiger partial charge in [-0.25, -0.2) is 0 Å². The number of nitrogens with zero attached hydrogens (tertiary/aromatic N) is 3. The topological polar surface area (TPSA) is 77.4 Å². The SMILES string of the molecule is CCCN1CCOC(c2noc(C3(CN)CCC3)n2)C1. The lowest BCUT2D eigenvalue weighted by molar-refractivity contribution is -0.0350. The van der Waals surface area contributed by atoms with Crippen molar-refractivity contribution >= 4 is 0 Å². The Morgan fingerprint density at radius 3 is 2.95 bits per heavy atom. The van der Waals surface area contributed by atoms with Gasteiger partial charge in [0.05, 0.1) is 12.0 Å². The van der Waals surface area contributed by atoms with Gasteiger partial charge in [-0.15, -0.1) is 0 Å². The third-order valence-electron chi connectivity index (χ3n) is 4.58. The molecule has 0 aromatic carbocycles. The Bertz CT molecular complexity index is 437. The molecular weight excluding hydrogens is 256 g/mol. The maximum absolute atomic E-state index is 5.88. The predicted octanol–water partition coefficient (Wildman–Crippen LogP) is 1.23. The summed E-state index contributed by atoms with van der Waals surface area (Å²) in [5.41, 5.74) is 5.82. The first-order valence-electron chi connectivity index (χ1n) is 7.65. The van der Waals surface area contributed by atoms with Crippen LogP contribution in [0.3, 0.4) is 0 Å². The summed E-state index contributed by atoms with van der Waals surface area (Å²) in [6.07, 6.45) is 4.39. The molecule has 1 atom stereocenters. The molecule has 0 radical (unpaired) electrons. The van der Waals surface area contributed by atoms with E-state index in [-0.39, 0.29) is 11.5 Å². The molecule has 1 aliphatic carbocycles. The quantitative estimate of drug-likeness (QED) is 0.874. The van der Waals surface area contributed by atoms with Crippen molar-refractivity contribution < 1.29 is 9.26 Å². The standard InChI is InChI=1S/C14H24N4O2/c1-2-6-18-7-8-19-11(9-18)12-16-13(20-17-12)14(10-15)4-3-5-14/h11H,2-10,15H2,1H3. The number of hydrogen-bond acceptors (Lipinski definition) is 6.